The summed E-state index contributed by atoms with van der Waals surface area (Å²) in [7, 11) is 0. The number of hydrogen-bond donors (Lipinski definition) is 1. The van der Waals surface area contributed by atoms with E-state index in [0.29, 0.717) is 12.5 Å². The summed E-state index contributed by atoms with van der Waals surface area (Å²) < 4.78 is 0. The summed E-state index contributed by atoms with van der Waals surface area (Å²) in [5.41, 5.74) is 0. The molecule has 0 aromatic carbocycles. The molecule has 0 bridgehead atoms. The van der Waals surface area contributed by atoms with Crippen LogP contribution in [0.4, 0.5) is 0 Å². The normalized spacial score (nSPS) is 8.46. The molecule has 0 amide bonds. The summed E-state index contributed by atoms with van der Waals surface area (Å²) in [4.78, 5) is 10.3. The minimum absolute atomic E-state index is 0. The van der Waals surface area contributed by atoms with Crippen molar-refractivity contribution >= 4 is 5.78 Å². The number of hydrogen-bond acceptors (Lipinski definition) is 2. The van der Waals surface area contributed by atoms with Gasteiger partial charge in [-0.3, -0.25) is 0 Å². The highest BCUT2D eigenvalue weighted by atomic mass is 16.2. The zero-order valence-electron chi connectivity index (χ0n) is 9.26. The van der Waals surface area contributed by atoms with Gasteiger partial charge in [0.1, 0.15) is 5.78 Å². The standard InChI is InChI=1S/C6H12O.C4H10O.H2O/c1-5(2)4-6(3)7;1-2-3-4-5;/h5H,4H2,1-3H3;5H,2-4H2,1H3;1H2. The molecule has 0 aliphatic heterocycles. The van der Waals surface area contributed by atoms with Gasteiger partial charge < -0.3 is 15.4 Å². The van der Waals surface area contributed by atoms with Gasteiger partial charge in [0, 0.05) is 13.0 Å². The molecule has 82 valence electrons. The van der Waals surface area contributed by atoms with Crippen LogP contribution in [0.3, 0.4) is 0 Å². The van der Waals surface area contributed by atoms with Crippen molar-refractivity contribution in [1.29, 1.82) is 0 Å². The van der Waals surface area contributed by atoms with Gasteiger partial charge in [0.2, 0.25) is 0 Å². The highest BCUT2D eigenvalue weighted by molar-refractivity contribution is 5.75. The van der Waals surface area contributed by atoms with Crippen molar-refractivity contribution in [3.05, 3.63) is 0 Å². The van der Waals surface area contributed by atoms with Crippen molar-refractivity contribution in [3.8, 4) is 0 Å². The predicted octanol–water partition coefficient (Wildman–Crippen LogP) is 1.58. The fourth-order valence-electron chi connectivity index (χ4n) is 0.733. The largest absolute Gasteiger partial charge is 0.412 e. The molecule has 3 heteroatoms. The minimum atomic E-state index is 0. The number of aliphatic hydroxyl groups is 1. The van der Waals surface area contributed by atoms with Gasteiger partial charge in [-0.2, -0.15) is 0 Å². The summed E-state index contributed by atoms with van der Waals surface area (Å²) in [6.45, 7) is 8.11. The second-order valence-electron chi connectivity index (χ2n) is 3.38. The number of ketones is 1. The molecule has 0 saturated heterocycles. The first-order valence-corrected chi connectivity index (χ1v) is 4.64. The van der Waals surface area contributed by atoms with Crippen LogP contribution in [0.5, 0.6) is 0 Å². The lowest BCUT2D eigenvalue weighted by Crippen LogP contribution is -1.95. The number of aliphatic hydroxyl groups excluding tert-OH is 1. The summed E-state index contributed by atoms with van der Waals surface area (Å²) >= 11 is 0. The molecular formula is C10H24O3. The molecule has 13 heavy (non-hydrogen) atoms. The van der Waals surface area contributed by atoms with Gasteiger partial charge in [0.05, 0.1) is 0 Å². The van der Waals surface area contributed by atoms with Crippen molar-refractivity contribution in [3.63, 3.8) is 0 Å². The molecule has 0 spiro atoms. The SMILES string of the molecule is CC(=O)CC(C)C.CCCCO.O. The second kappa shape index (κ2) is 14.1. The smallest absolute Gasteiger partial charge is 0.130 e. The Morgan fingerprint density at radius 3 is 1.85 bits per heavy atom. The van der Waals surface area contributed by atoms with E-state index in [1.807, 2.05) is 13.8 Å². The molecule has 0 aliphatic carbocycles. The van der Waals surface area contributed by atoms with E-state index in [0.717, 1.165) is 19.3 Å². The zero-order valence-corrected chi connectivity index (χ0v) is 9.26. The van der Waals surface area contributed by atoms with Gasteiger partial charge >= 0.3 is 0 Å². The molecule has 0 unspecified atom stereocenters. The van der Waals surface area contributed by atoms with E-state index in [-0.39, 0.29) is 11.3 Å². The van der Waals surface area contributed by atoms with Crippen LogP contribution in [0.15, 0.2) is 0 Å². The van der Waals surface area contributed by atoms with Gasteiger partial charge in [-0.15, -0.1) is 0 Å². The van der Waals surface area contributed by atoms with E-state index in [9.17, 15) is 4.79 Å². The summed E-state index contributed by atoms with van der Waals surface area (Å²) in [5.74, 6) is 0.813. The topological polar surface area (TPSA) is 68.8 Å². The van der Waals surface area contributed by atoms with Crippen LogP contribution in [-0.4, -0.2) is 23.0 Å². The Labute approximate surface area is 81.5 Å². The van der Waals surface area contributed by atoms with E-state index in [1.165, 1.54) is 0 Å². The average molecular weight is 192 g/mol. The van der Waals surface area contributed by atoms with Gasteiger partial charge in [-0.25, -0.2) is 0 Å². The van der Waals surface area contributed by atoms with Crippen LogP contribution in [0.25, 0.3) is 0 Å². The van der Waals surface area contributed by atoms with Gasteiger partial charge in [0.25, 0.3) is 0 Å². The Kier molecular flexibility index (Phi) is 20.0. The average Bonchev–Trinajstić information content (AvgIpc) is 1.87. The van der Waals surface area contributed by atoms with Crippen molar-refractivity contribution in [1.82, 2.24) is 0 Å². The lowest BCUT2D eigenvalue weighted by atomic mass is 10.1. The van der Waals surface area contributed by atoms with Crippen LogP contribution >= 0.6 is 0 Å². The van der Waals surface area contributed by atoms with Crippen LogP contribution in [0, 0.1) is 5.92 Å². The van der Waals surface area contributed by atoms with Crippen LogP contribution in [0.1, 0.15) is 47.0 Å². The molecule has 0 aromatic heterocycles. The predicted molar refractivity (Wildman–Crippen MR) is 55.7 cm³/mol. The molecule has 3 N–H and O–H groups in total. The maximum atomic E-state index is 10.3. The summed E-state index contributed by atoms with van der Waals surface area (Å²) in [6.07, 6.45) is 2.76. The van der Waals surface area contributed by atoms with E-state index >= 15 is 0 Å². The number of unbranched alkanes of at least 4 members (excludes halogenated alkanes) is 1. The molecule has 0 atom stereocenters. The molecule has 0 fully saturated rings. The number of carbonyl (C=O) groups excluding carboxylic acids is 1. The Morgan fingerprint density at radius 2 is 1.85 bits per heavy atom. The highest BCUT2D eigenvalue weighted by Crippen LogP contribution is 1.97. The van der Waals surface area contributed by atoms with E-state index in [2.05, 4.69) is 6.92 Å². The van der Waals surface area contributed by atoms with Crippen molar-refractivity contribution < 1.29 is 15.4 Å². The summed E-state index contributed by atoms with van der Waals surface area (Å²) in [5, 5.41) is 8.07. The van der Waals surface area contributed by atoms with Crippen LogP contribution in [-0.2, 0) is 4.79 Å². The fourth-order valence-corrected chi connectivity index (χ4v) is 0.733. The third-order valence-electron chi connectivity index (χ3n) is 1.21. The Balaban J connectivity index is -0.000000150. The first-order valence-electron chi connectivity index (χ1n) is 4.64. The van der Waals surface area contributed by atoms with Crippen molar-refractivity contribution in [2.45, 2.75) is 47.0 Å². The maximum Gasteiger partial charge on any atom is 0.130 e. The molecule has 0 aliphatic rings. The highest BCUT2D eigenvalue weighted by Gasteiger charge is 1.95. The van der Waals surface area contributed by atoms with Gasteiger partial charge in [-0.1, -0.05) is 27.2 Å². The monoisotopic (exact) mass is 192 g/mol. The molecular weight excluding hydrogens is 168 g/mol. The minimum Gasteiger partial charge on any atom is -0.412 e. The third kappa shape index (κ3) is 34.1. The molecule has 0 heterocycles. The number of carbonyl (C=O) groups is 1. The number of Topliss-reactive ketones (excluding diaryl/α,β-unsaturated/α-hetero) is 1. The molecule has 3 nitrogen and oxygen atoms in total. The fraction of sp³-hybridized carbons (Fsp3) is 0.900. The van der Waals surface area contributed by atoms with Gasteiger partial charge in [-0.05, 0) is 19.3 Å². The summed E-state index contributed by atoms with van der Waals surface area (Å²) in [6, 6.07) is 0. The van der Waals surface area contributed by atoms with Gasteiger partial charge in [0.15, 0.2) is 0 Å². The first kappa shape index (κ1) is 18.4. The second-order valence-corrected chi connectivity index (χ2v) is 3.38. The maximum absolute atomic E-state index is 10.3. The molecule has 0 aromatic rings. The Bertz CT molecular complexity index is 98.3. The zero-order chi connectivity index (χ0) is 9.98. The Morgan fingerprint density at radius 1 is 1.38 bits per heavy atom. The Hall–Kier alpha value is -0.410. The molecule has 0 saturated carbocycles. The van der Waals surface area contributed by atoms with E-state index < -0.39 is 0 Å². The molecule has 0 rings (SSSR count). The first-order chi connectivity index (χ1) is 5.54. The van der Waals surface area contributed by atoms with Crippen molar-refractivity contribution in [2.75, 3.05) is 6.61 Å². The number of rotatable bonds is 4. The molecule has 0 radical (unpaired) electrons. The lowest BCUT2D eigenvalue weighted by molar-refractivity contribution is -0.117. The van der Waals surface area contributed by atoms with Crippen LogP contribution in [0.2, 0.25) is 0 Å². The van der Waals surface area contributed by atoms with E-state index in [4.69, 9.17) is 5.11 Å². The van der Waals surface area contributed by atoms with Crippen molar-refractivity contribution in [2.24, 2.45) is 5.92 Å². The van der Waals surface area contributed by atoms with Crippen LogP contribution < -0.4 is 0 Å². The quantitative estimate of drug-likeness (QED) is 0.734. The van der Waals surface area contributed by atoms with E-state index in [1.54, 1.807) is 6.92 Å². The third-order valence-corrected chi connectivity index (χ3v) is 1.21. The lowest BCUT2D eigenvalue weighted by Gasteiger charge is -1.95.